The number of hydrazine groups is 1. The van der Waals surface area contributed by atoms with E-state index in [4.69, 9.17) is 9.73 Å². The number of nitrogens with one attached hydrogen (secondary N) is 2. The number of aromatic nitrogens is 1. The monoisotopic (exact) mass is 286 g/mol. The molecule has 0 radical (unpaired) electrons. The van der Waals surface area contributed by atoms with Gasteiger partial charge < -0.3 is 15.1 Å². The van der Waals surface area contributed by atoms with E-state index in [-0.39, 0.29) is 0 Å². The van der Waals surface area contributed by atoms with Crippen molar-refractivity contribution in [1.29, 1.82) is 0 Å². The van der Waals surface area contributed by atoms with Crippen LogP contribution in [0.25, 0.3) is 0 Å². The van der Waals surface area contributed by atoms with Gasteiger partial charge in [0.2, 0.25) is 0 Å². The van der Waals surface area contributed by atoms with Crippen molar-refractivity contribution in [2.24, 2.45) is 4.99 Å². The van der Waals surface area contributed by atoms with Crippen LogP contribution < -0.4 is 5.43 Å². The van der Waals surface area contributed by atoms with E-state index < -0.39 is 0 Å². The van der Waals surface area contributed by atoms with E-state index in [2.05, 4.69) is 35.3 Å². The smallest absolute Gasteiger partial charge is 0.0907 e. The van der Waals surface area contributed by atoms with Crippen molar-refractivity contribution in [3.05, 3.63) is 47.1 Å². The third-order valence-corrected chi connectivity index (χ3v) is 3.96. The minimum absolute atomic E-state index is 0.780. The van der Waals surface area contributed by atoms with Crippen LogP contribution in [-0.4, -0.2) is 42.0 Å². The standard InChI is InChI=1S/C16H22N4O/c1-3-13-12(2)15(11-18-20-7-9-21-10-8-20)19-16(13)14-5-4-6-17-14/h4-6,11,17-18H,3,7-10H2,1-2H3/b15-11-. The summed E-state index contributed by atoms with van der Waals surface area (Å²) in [5, 5.41) is 2.16. The number of ether oxygens (including phenoxy) is 1. The molecule has 2 aliphatic heterocycles. The molecule has 1 fully saturated rings. The molecule has 0 atom stereocenters. The van der Waals surface area contributed by atoms with Crippen LogP contribution >= 0.6 is 0 Å². The molecule has 3 heterocycles. The number of H-pyrrole nitrogens is 1. The van der Waals surface area contributed by atoms with Gasteiger partial charge in [-0.1, -0.05) is 6.92 Å². The molecule has 5 nitrogen and oxygen atoms in total. The average molecular weight is 286 g/mol. The number of aromatic amines is 1. The minimum Gasteiger partial charge on any atom is -0.379 e. The molecule has 0 aliphatic carbocycles. The zero-order valence-electron chi connectivity index (χ0n) is 12.6. The molecule has 0 saturated carbocycles. The van der Waals surface area contributed by atoms with E-state index in [1.165, 1.54) is 11.1 Å². The van der Waals surface area contributed by atoms with Crippen molar-refractivity contribution in [2.45, 2.75) is 20.3 Å². The second-order valence-electron chi connectivity index (χ2n) is 5.26. The summed E-state index contributed by atoms with van der Waals surface area (Å²) in [6, 6.07) is 4.08. The van der Waals surface area contributed by atoms with Crippen molar-refractivity contribution in [3.63, 3.8) is 0 Å². The molecule has 0 amide bonds. The zero-order valence-corrected chi connectivity index (χ0v) is 12.6. The van der Waals surface area contributed by atoms with E-state index in [1.54, 1.807) is 0 Å². The third kappa shape index (κ3) is 2.94. The predicted molar refractivity (Wildman–Crippen MR) is 83.9 cm³/mol. The van der Waals surface area contributed by atoms with Gasteiger partial charge in [-0.15, -0.1) is 0 Å². The fourth-order valence-corrected chi connectivity index (χ4v) is 2.72. The van der Waals surface area contributed by atoms with E-state index in [9.17, 15) is 0 Å². The lowest BCUT2D eigenvalue weighted by molar-refractivity contribution is 0.0209. The molecule has 2 aliphatic rings. The van der Waals surface area contributed by atoms with Gasteiger partial charge in [-0.3, -0.25) is 0 Å². The average Bonchev–Trinajstić information content (AvgIpc) is 3.14. The molecular formula is C16H22N4O. The van der Waals surface area contributed by atoms with Gasteiger partial charge in [-0.2, -0.15) is 0 Å². The minimum atomic E-state index is 0.780. The maximum atomic E-state index is 5.35. The summed E-state index contributed by atoms with van der Waals surface area (Å²) in [6.45, 7) is 7.69. The molecule has 0 unspecified atom stereocenters. The van der Waals surface area contributed by atoms with Gasteiger partial charge in [0.05, 0.1) is 30.3 Å². The Hall–Kier alpha value is -1.85. The normalized spacial score (nSPS) is 22.0. The molecule has 5 heteroatoms. The summed E-state index contributed by atoms with van der Waals surface area (Å²) >= 11 is 0. The van der Waals surface area contributed by atoms with Crippen LogP contribution in [0, 0.1) is 0 Å². The van der Waals surface area contributed by atoms with Gasteiger partial charge in [-0.25, -0.2) is 10.0 Å². The first-order chi connectivity index (χ1) is 10.3. The summed E-state index contributed by atoms with van der Waals surface area (Å²) in [5.41, 5.74) is 9.08. The molecule has 0 spiro atoms. The van der Waals surface area contributed by atoms with Crippen LogP contribution in [0.4, 0.5) is 0 Å². The van der Waals surface area contributed by atoms with Gasteiger partial charge >= 0.3 is 0 Å². The van der Waals surface area contributed by atoms with Crippen LogP contribution in [0.1, 0.15) is 26.0 Å². The predicted octanol–water partition coefficient (Wildman–Crippen LogP) is 2.22. The summed E-state index contributed by atoms with van der Waals surface area (Å²) in [6.07, 6.45) is 4.93. The number of aliphatic imine (C=N–C) groups is 1. The SMILES string of the molecule is CCC1=C(C)/C(=C/NN2CCOCC2)N=C1c1ccc[nH]1. The molecule has 3 rings (SSSR count). The third-order valence-electron chi connectivity index (χ3n) is 3.96. The second-order valence-corrected chi connectivity index (χ2v) is 5.26. The second kappa shape index (κ2) is 6.28. The molecule has 112 valence electrons. The van der Waals surface area contributed by atoms with Gasteiger partial charge in [0, 0.05) is 25.5 Å². The fraction of sp³-hybridized carbons (Fsp3) is 0.438. The number of hydrogen-bond donors (Lipinski definition) is 2. The van der Waals surface area contributed by atoms with Gasteiger partial charge in [-0.05, 0) is 36.6 Å². The highest BCUT2D eigenvalue weighted by Crippen LogP contribution is 2.29. The van der Waals surface area contributed by atoms with Crippen molar-refractivity contribution < 1.29 is 4.74 Å². The highest BCUT2D eigenvalue weighted by Gasteiger charge is 2.21. The maximum absolute atomic E-state index is 5.35. The van der Waals surface area contributed by atoms with Gasteiger partial charge in [0.15, 0.2) is 0 Å². The van der Waals surface area contributed by atoms with Crippen LogP contribution in [0.3, 0.4) is 0 Å². The molecule has 21 heavy (non-hydrogen) atoms. The summed E-state index contributed by atoms with van der Waals surface area (Å²) < 4.78 is 5.35. The first-order valence-corrected chi connectivity index (χ1v) is 7.51. The Morgan fingerprint density at radius 2 is 2.24 bits per heavy atom. The summed E-state index contributed by atoms with van der Waals surface area (Å²) in [7, 11) is 0. The van der Waals surface area contributed by atoms with Crippen LogP contribution in [0.2, 0.25) is 0 Å². The Labute approximate surface area is 125 Å². The lowest BCUT2D eigenvalue weighted by Gasteiger charge is -2.26. The van der Waals surface area contributed by atoms with E-state index in [0.29, 0.717) is 0 Å². The van der Waals surface area contributed by atoms with E-state index in [0.717, 1.165) is 49.8 Å². The summed E-state index contributed by atoms with van der Waals surface area (Å²) in [5.74, 6) is 0. The van der Waals surface area contributed by atoms with Crippen LogP contribution in [-0.2, 0) is 4.74 Å². The maximum Gasteiger partial charge on any atom is 0.0907 e. The lowest BCUT2D eigenvalue weighted by Crippen LogP contribution is -2.43. The highest BCUT2D eigenvalue weighted by atomic mass is 16.5. The molecule has 1 aromatic heterocycles. The lowest BCUT2D eigenvalue weighted by atomic mass is 10.0. The Morgan fingerprint density at radius 1 is 1.43 bits per heavy atom. The van der Waals surface area contributed by atoms with Crippen molar-refractivity contribution in [2.75, 3.05) is 26.3 Å². The number of hydrogen-bond acceptors (Lipinski definition) is 4. The highest BCUT2D eigenvalue weighted by molar-refractivity contribution is 6.14. The van der Waals surface area contributed by atoms with E-state index >= 15 is 0 Å². The molecular weight excluding hydrogens is 264 g/mol. The number of allylic oxidation sites excluding steroid dienone is 2. The zero-order chi connectivity index (χ0) is 14.7. The Balaban J connectivity index is 1.80. The first-order valence-electron chi connectivity index (χ1n) is 7.51. The number of rotatable bonds is 4. The molecule has 2 N–H and O–H groups in total. The first kappa shape index (κ1) is 14.1. The Kier molecular flexibility index (Phi) is 4.22. The number of nitrogens with zero attached hydrogens (tertiary/aromatic N) is 2. The van der Waals surface area contributed by atoms with Crippen LogP contribution in [0.5, 0.6) is 0 Å². The molecule has 0 bridgehead atoms. The van der Waals surface area contributed by atoms with Crippen molar-refractivity contribution in [3.8, 4) is 0 Å². The molecule has 1 aromatic rings. The van der Waals surface area contributed by atoms with Crippen molar-refractivity contribution in [1.82, 2.24) is 15.4 Å². The van der Waals surface area contributed by atoms with Gasteiger partial charge in [0.25, 0.3) is 0 Å². The molecule has 1 saturated heterocycles. The number of morpholine rings is 1. The topological polar surface area (TPSA) is 52.6 Å². The largest absolute Gasteiger partial charge is 0.379 e. The van der Waals surface area contributed by atoms with Crippen LogP contribution in [0.15, 0.2) is 46.4 Å². The Bertz CT molecular complexity index is 577. The quantitative estimate of drug-likeness (QED) is 0.892. The van der Waals surface area contributed by atoms with Gasteiger partial charge in [0.1, 0.15) is 0 Å². The van der Waals surface area contributed by atoms with Crippen molar-refractivity contribution >= 4 is 5.71 Å². The van der Waals surface area contributed by atoms with E-state index in [1.807, 2.05) is 18.5 Å². The fourth-order valence-electron chi connectivity index (χ4n) is 2.72. The molecule has 0 aromatic carbocycles. The Morgan fingerprint density at radius 3 is 2.90 bits per heavy atom. The summed E-state index contributed by atoms with van der Waals surface area (Å²) in [4.78, 5) is 8.05.